The van der Waals surface area contributed by atoms with Crippen molar-refractivity contribution in [1.29, 1.82) is 5.41 Å². The lowest BCUT2D eigenvalue weighted by Gasteiger charge is -1.96. The molecule has 0 saturated heterocycles. The predicted octanol–water partition coefficient (Wildman–Crippen LogP) is 2.16. The van der Waals surface area contributed by atoms with Gasteiger partial charge in [-0.1, -0.05) is 0 Å². The second-order valence-corrected chi connectivity index (χ2v) is 4.23. The number of nitrogen functional groups attached to an aromatic ring is 1. The molecule has 2 aromatic heterocycles. The summed E-state index contributed by atoms with van der Waals surface area (Å²) in [6.07, 6.45) is 1.75. The first-order chi connectivity index (χ1) is 6.29. The Balaban J connectivity index is 2.52. The highest BCUT2D eigenvalue weighted by molar-refractivity contribution is 7.15. The molecule has 0 saturated carbocycles. The Morgan fingerprint density at radius 2 is 2.23 bits per heavy atom. The summed E-state index contributed by atoms with van der Waals surface area (Å²) in [5, 5.41) is 12.1. The van der Waals surface area contributed by atoms with E-state index in [-0.39, 0.29) is 5.84 Å². The summed E-state index contributed by atoms with van der Waals surface area (Å²) < 4.78 is 0. The van der Waals surface area contributed by atoms with Crippen LogP contribution < -0.4 is 5.73 Å². The minimum absolute atomic E-state index is 0.111. The Bertz CT molecular complexity index is 416. The summed E-state index contributed by atoms with van der Waals surface area (Å²) in [7, 11) is 0. The van der Waals surface area contributed by atoms with Crippen LogP contribution in [0.1, 0.15) is 4.88 Å². The van der Waals surface area contributed by atoms with E-state index >= 15 is 0 Å². The first kappa shape index (κ1) is 8.40. The lowest BCUT2D eigenvalue weighted by atomic mass is 10.2. The average Bonchev–Trinajstić information content (AvgIpc) is 2.74. The zero-order valence-corrected chi connectivity index (χ0v) is 8.28. The maximum Gasteiger partial charge on any atom is 0.133 e. The van der Waals surface area contributed by atoms with Crippen molar-refractivity contribution in [2.45, 2.75) is 0 Å². The molecule has 13 heavy (non-hydrogen) atoms. The van der Waals surface area contributed by atoms with Gasteiger partial charge in [-0.3, -0.25) is 5.41 Å². The van der Waals surface area contributed by atoms with Crippen LogP contribution in [0.2, 0.25) is 0 Å². The molecule has 0 radical (unpaired) electrons. The first-order valence-corrected chi connectivity index (χ1v) is 5.36. The molecule has 3 nitrogen and oxygen atoms in total. The van der Waals surface area contributed by atoms with E-state index in [0.29, 0.717) is 0 Å². The van der Waals surface area contributed by atoms with Gasteiger partial charge in [0.15, 0.2) is 0 Å². The SMILES string of the molecule is N=C(N)c1sccc1-c1nccs1. The third-order valence-corrected chi connectivity index (χ3v) is 3.33. The quantitative estimate of drug-likeness (QED) is 0.588. The third-order valence-electron chi connectivity index (χ3n) is 1.57. The normalized spacial score (nSPS) is 10.2. The van der Waals surface area contributed by atoms with E-state index in [1.165, 1.54) is 11.3 Å². The minimum atomic E-state index is 0.111. The van der Waals surface area contributed by atoms with Crippen LogP contribution in [0, 0.1) is 5.41 Å². The molecule has 0 spiro atoms. The van der Waals surface area contributed by atoms with Crippen LogP contribution in [0.3, 0.4) is 0 Å². The molecule has 3 N–H and O–H groups in total. The molecule has 5 heteroatoms. The number of amidine groups is 1. The van der Waals surface area contributed by atoms with Crippen molar-refractivity contribution in [3.8, 4) is 10.6 Å². The molecule has 2 aromatic rings. The van der Waals surface area contributed by atoms with Crippen LogP contribution >= 0.6 is 22.7 Å². The van der Waals surface area contributed by atoms with Gasteiger partial charge in [-0.15, -0.1) is 22.7 Å². The van der Waals surface area contributed by atoms with Gasteiger partial charge in [-0.25, -0.2) is 4.98 Å². The lowest BCUT2D eigenvalue weighted by molar-refractivity contribution is 1.41. The number of thiophene rings is 1. The van der Waals surface area contributed by atoms with Crippen LogP contribution in [0.15, 0.2) is 23.0 Å². The summed E-state index contributed by atoms with van der Waals surface area (Å²) >= 11 is 3.03. The van der Waals surface area contributed by atoms with Crippen LogP contribution in [0.25, 0.3) is 10.6 Å². The molecular formula is C8H7N3S2. The zero-order valence-electron chi connectivity index (χ0n) is 6.65. The Labute approximate surface area is 83.4 Å². The van der Waals surface area contributed by atoms with Crippen molar-refractivity contribution in [3.05, 3.63) is 27.9 Å². The highest BCUT2D eigenvalue weighted by Crippen LogP contribution is 2.29. The lowest BCUT2D eigenvalue weighted by Crippen LogP contribution is -2.09. The molecule has 0 aliphatic rings. The smallest absolute Gasteiger partial charge is 0.133 e. The molecule has 0 aromatic carbocycles. The van der Waals surface area contributed by atoms with Crippen molar-refractivity contribution in [1.82, 2.24) is 4.98 Å². The summed E-state index contributed by atoms with van der Waals surface area (Å²) in [5.41, 5.74) is 6.40. The molecule has 0 fully saturated rings. The van der Waals surface area contributed by atoms with Gasteiger partial charge in [0.25, 0.3) is 0 Å². The van der Waals surface area contributed by atoms with Crippen LogP contribution in [0.5, 0.6) is 0 Å². The standard InChI is InChI=1S/C8H7N3S2/c9-7(10)6-5(1-3-12-6)8-11-2-4-13-8/h1-4H,(H3,9,10). The van der Waals surface area contributed by atoms with Crippen molar-refractivity contribution in [2.75, 3.05) is 0 Å². The Kier molecular flexibility index (Phi) is 2.12. The summed E-state index contributed by atoms with van der Waals surface area (Å²) in [6.45, 7) is 0. The predicted molar refractivity (Wildman–Crippen MR) is 56.4 cm³/mol. The maximum atomic E-state index is 7.36. The highest BCUT2D eigenvalue weighted by atomic mass is 32.1. The number of nitrogens with two attached hydrogens (primary N) is 1. The highest BCUT2D eigenvalue weighted by Gasteiger charge is 2.10. The van der Waals surface area contributed by atoms with Gasteiger partial charge in [0.2, 0.25) is 0 Å². The van der Waals surface area contributed by atoms with Gasteiger partial charge in [0.05, 0.1) is 4.88 Å². The Hall–Kier alpha value is -1.20. The summed E-state index contributed by atoms with van der Waals surface area (Å²) in [5.74, 6) is 0.111. The molecule has 66 valence electrons. The average molecular weight is 209 g/mol. The van der Waals surface area contributed by atoms with Gasteiger partial charge >= 0.3 is 0 Å². The van der Waals surface area contributed by atoms with Crippen molar-refractivity contribution in [2.24, 2.45) is 5.73 Å². The second kappa shape index (κ2) is 3.27. The fourth-order valence-electron chi connectivity index (χ4n) is 1.04. The van der Waals surface area contributed by atoms with Gasteiger partial charge in [0.1, 0.15) is 10.8 Å². The van der Waals surface area contributed by atoms with E-state index in [2.05, 4.69) is 4.98 Å². The largest absolute Gasteiger partial charge is 0.383 e. The van der Waals surface area contributed by atoms with E-state index in [4.69, 9.17) is 11.1 Å². The number of aromatic nitrogens is 1. The van der Waals surface area contributed by atoms with Gasteiger partial charge < -0.3 is 5.73 Å². The second-order valence-electron chi connectivity index (χ2n) is 2.41. The van der Waals surface area contributed by atoms with E-state index in [1.54, 1.807) is 17.5 Å². The molecule has 0 aliphatic carbocycles. The topological polar surface area (TPSA) is 62.8 Å². The molecular weight excluding hydrogens is 202 g/mol. The number of thiazole rings is 1. The molecule has 0 bridgehead atoms. The molecule has 0 aliphatic heterocycles. The number of nitrogens with zero attached hydrogens (tertiary/aromatic N) is 1. The number of hydrogen-bond acceptors (Lipinski definition) is 4. The van der Waals surface area contributed by atoms with E-state index in [0.717, 1.165) is 15.4 Å². The molecule has 2 rings (SSSR count). The first-order valence-electron chi connectivity index (χ1n) is 3.61. The van der Waals surface area contributed by atoms with Crippen LogP contribution in [-0.2, 0) is 0 Å². The van der Waals surface area contributed by atoms with Crippen LogP contribution in [0.4, 0.5) is 0 Å². The Morgan fingerprint density at radius 3 is 2.85 bits per heavy atom. The monoisotopic (exact) mass is 209 g/mol. The number of rotatable bonds is 2. The van der Waals surface area contributed by atoms with Crippen molar-refractivity contribution < 1.29 is 0 Å². The maximum absolute atomic E-state index is 7.36. The Morgan fingerprint density at radius 1 is 1.38 bits per heavy atom. The molecule has 0 atom stereocenters. The van der Waals surface area contributed by atoms with Crippen molar-refractivity contribution >= 4 is 28.5 Å². The fourth-order valence-corrected chi connectivity index (χ4v) is 2.54. The third kappa shape index (κ3) is 1.48. The van der Waals surface area contributed by atoms with Gasteiger partial charge in [0, 0.05) is 17.1 Å². The fraction of sp³-hybridized carbons (Fsp3) is 0. The number of hydrogen-bond donors (Lipinski definition) is 2. The molecule has 2 heterocycles. The van der Waals surface area contributed by atoms with E-state index in [1.807, 2.05) is 16.8 Å². The van der Waals surface area contributed by atoms with Crippen molar-refractivity contribution in [3.63, 3.8) is 0 Å². The van der Waals surface area contributed by atoms with Gasteiger partial charge in [-0.05, 0) is 11.4 Å². The van der Waals surface area contributed by atoms with E-state index < -0.39 is 0 Å². The van der Waals surface area contributed by atoms with Crippen LogP contribution in [-0.4, -0.2) is 10.8 Å². The summed E-state index contributed by atoms with van der Waals surface area (Å²) in [4.78, 5) is 4.98. The summed E-state index contributed by atoms with van der Waals surface area (Å²) in [6, 6.07) is 1.94. The van der Waals surface area contributed by atoms with E-state index in [9.17, 15) is 0 Å². The van der Waals surface area contributed by atoms with Gasteiger partial charge in [-0.2, -0.15) is 0 Å². The minimum Gasteiger partial charge on any atom is -0.383 e. The number of nitrogens with one attached hydrogen (secondary N) is 1. The molecule has 0 unspecified atom stereocenters. The zero-order chi connectivity index (χ0) is 9.26. The molecule has 0 amide bonds.